The van der Waals surface area contributed by atoms with E-state index in [1.165, 1.54) is 17.8 Å². The summed E-state index contributed by atoms with van der Waals surface area (Å²) in [5.41, 5.74) is 0.119. The van der Waals surface area contributed by atoms with Gasteiger partial charge < -0.3 is 0 Å². The van der Waals surface area contributed by atoms with Crippen LogP contribution in [0.1, 0.15) is 0 Å². The van der Waals surface area contributed by atoms with Gasteiger partial charge in [-0.25, -0.2) is 0 Å². The fourth-order valence-electron chi connectivity index (χ4n) is 0.771. The van der Waals surface area contributed by atoms with E-state index in [4.69, 9.17) is 0 Å². The molecular weight excluding hydrogens is 242 g/mol. The van der Waals surface area contributed by atoms with E-state index in [1.807, 2.05) is 12.3 Å². The van der Waals surface area contributed by atoms with Gasteiger partial charge in [0.25, 0.3) is 5.69 Å². The standard InChI is InChI=1S/C7H6BrNO2S/c1-12-7-3-5(8)2-6(4-7)9(10)11/h2-4H,1H3. The molecule has 0 aliphatic rings. The Kier molecular flexibility index (Phi) is 3.11. The van der Waals surface area contributed by atoms with Crippen LogP contribution in [0.15, 0.2) is 27.6 Å². The molecule has 12 heavy (non-hydrogen) atoms. The Labute approximate surface area is 82.4 Å². The van der Waals surface area contributed by atoms with Gasteiger partial charge in [0.15, 0.2) is 0 Å². The van der Waals surface area contributed by atoms with E-state index in [0.717, 1.165) is 9.37 Å². The molecule has 0 saturated carbocycles. The van der Waals surface area contributed by atoms with Gasteiger partial charge >= 0.3 is 0 Å². The number of hydrogen-bond donors (Lipinski definition) is 0. The quantitative estimate of drug-likeness (QED) is 0.459. The Hall–Kier alpha value is -0.550. The summed E-state index contributed by atoms with van der Waals surface area (Å²) in [6.07, 6.45) is 1.88. The van der Waals surface area contributed by atoms with Crippen LogP contribution >= 0.6 is 27.7 Å². The summed E-state index contributed by atoms with van der Waals surface area (Å²) in [5, 5.41) is 10.4. The maximum Gasteiger partial charge on any atom is 0.271 e. The molecule has 64 valence electrons. The topological polar surface area (TPSA) is 43.1 Å². The van der Waals surface area contributed by atoms with Crippen LogP contribution in [0.25, 0.3) is 0 Å². The highest BCUT2D eigenvalue weighted by Gasteiger charge is 2.07. The molecule has 0 heterocycles. The minimum atomic E-state index is -0.398. The smallest absolute Gasteiger partial charge is 0.258 e. The molecule has 0 aliphatic carbocycles. The third-order valence-electron chi connectivity index (χ3n) is 1.30. The normalized spacial score (nSPS) is 9.83. The van der Waals surface area contributed by atoms with Crippen molar-refractivity contribution in [2.45, 2.75) is 4.90 Å². The van der Waals surface area contributed by atoms with Crippen LogP contribution in [-0.2, 0) is 0 Å². The number of thioether (sulfide) groups is 1. The summed E-state index contributed by atoms with van der Waals surface area (Å²) in [5.74, 6) is 0. The van der Waals surface area contributed by atoms with Crippen LogP contribution in [0.3, 0.4) is 0 Å². The van der Waals surface area contributed by atoms with E-state index in [9.17, 15) is 10.1 Å². The van der Waals surface area contributed by atoms with Crippen LogP contribution < -0.4 is 0 Å². The average molecular weight is 248 g/mol. The van der Waals surface area contributed by atoms with Gasteiger partial charge in [-0.15, -0.1) is 11.8 Å². The van der Waals surface area contributed by atoms with E-state index in [-0.39, 0.29) is 5.69 Å². The molecule has 0 amide bonds. The fourth-order valence-corrected chi connectivity index (χ4v) is 1.89. The minimum absolute atomic E-state index is 0.119. The van der Waals surface area contributed by atoms with Gasteiger partial charge in [-0.3, -0.25) is 10.1 Å². The van der Waals surface area contributed by atoms with Crippen molar-refractivity contribution in [1.29, 1.82) is 0 Å². The maximum atomic E-state index is 10.4. The first-order valence-corrected chi connectivity index (χ1v) is 5.14. The van der Waals surface area contributed by atoms with Gasteiger partial charge in [0, 0.05) is 21.5 Å². The Bertz CT molecular complexity index is 316. The summed E-state index contributed by atoms with van der Waals surface area (Å²) in [6.45, 7) is 0. The molecule has 0 radical (unpaired) electrons. The van der Waals surface area contributed by atoms with Crippen LogP contribution in [0.5, 0.6) is 0 Å². The minimum Gasteiger partial charge on any atom is -0.258 e. The second-order valence-corrected chi connectivity index (χ2v) is 3.90. The number of benzene rings is 1. The van der Waals surface area contributed by atoms with Gasteiger partial charge in [-0.1, -0.05) is 15.9 Å². The molecule has 0 aliphatic heterocycles. The van der Waals surface area contributed by atoms with E-state index in [2.05, 4.69) is 15.9 Å². The third-order valence-corrected chi connectivity index (χ3v) is 2.47. The number of nitro benzene ring substituents is 1. The first-order chi connectivity index (χ1) is 5.63. The predicted octanol–water partition coefficient (Wildman–Crippen LogP) is 3.08. The Morgan fingerprint density at radius 2 is 2.17 bits per heavy atom. The molecule has 0 fully saturated rings. The molecule has 0 atom stereocenters. The summed E-state index contributed by atoms with van der Waals surface area (Å²) < 4.78 is 0.737. The number of nitrogens with zero attached hydrogens (tertiary/aromatic N) is 1. The molecule has 0 N–H and O–H groups in total. The van der Waals surface area contributed by atoms with Gasteiger partial charge in [0.1, 0.15) is 0 Å². The first kappa shape index (κ1) is 9.54. The molecule has 0 saturated heterocycles. The highest BCUT2D eigenvalue weighted by atomic mass is 79.9. The van der Waals surface area contributed by atoms with Crippen molar-refractivity contribution in [3.63, 3.8) is 0 Å². The Morgan fingerprint density at radius 1 is 1.50 bits per heavy atom. The van der Waals surface area contributed by atoms with E-state index >= 15 is 0 Å². The van der Waals surface area contributed by atoms with E-state index in [1.54, 1.807) is 6.07 Å². The molecule has 5 heteroatoms. The lowest BCUT2D eigenvalue weighted by Gasteiger charge is -1.97. The number of hydrogen-bond acceptors (Lipinski definition) is 3. The molecule has 1 aromatic rings. The monoisotopic (exact) mass is 247 g/mol. The first-order valence-electron chi connectivity index (χ1n) is 3.12. The average Bonchev–Trinajstić information content (AvgIpc) is 2.03. The molecule has 1 rings (SSSR count). The SMILES string of the molecule is CSc1cc(Br)cc([N+](=O)[O-])c1. The van der Waals surface area contributed by atoms with Gasteiger partial charge in [-0.2, -0.15) is 0 Å². The van der Waals surface area contributed by atoms with Crippen molar-refractivity contribution < 1.29 is 4.92 Å². The summed E-state index contributed by atoms with van der Waals surface area (Å²) in [4.78, 5) is 10.9. The summed E-state index contributed by atoms with van der Waals surface area (Å²) in [6, 6.07) is 4.88. The van der Waals surface area contributed by atoms with Gasteiger partial charge in [0.2, 0.25) is 0 Å². The largest absolute Gasteiger partial charge is 0.271 e. The van der Waals surface area contributed by atoms with Crippen LogP contribution in [-0.4, -0.2) is 11.2 Å². The Morgan fingerprint density at radius 3 is 2.67 bits per heavy atom. The second-order valence-electron chi connectivity index (χ2n) is 2.11. The highest BCUT2D eigenvalue weighted by Crippen LogP contribution is 2.26. The lowest BCUT2D eigenvalue weighted by atomic mass is 10.3. The molecular formula is C7H6BrNO2S. The van der Waals surface area contributed by atoms with Crippen LogP contribution in [0.4, 0.5) is 5.69 Å². The predicted molar refractivity (Wildman–Crippen MR) is 52.6 cm³/mol. The number of non-ortho nitro benzene ring substituents is 1. The van der Waals surface area contributed by atoms with Gasteiger partial charge in [0.05, 0.1) is 4.92 Å². The maximum absolute atomic E-state index is 10.4. The number of nitro groups is 1. The fraction of sp³-hybridized carbons (Fsp3) is 0.143. The second kappa shape index (κ2) is 3.91. The van der Waals surface area contributed by atoms with E-state index in [0.29, 0.717) is 0 Å². The molecule has 0 unspecified atom stereocenters. The van der Waals surface area contributed by atoms with Crippen molar-refractivity contribution in [3.8, 4) is 0 Å². The number of rotatable bonds is 2. The van der Waals surface area contributed by atoms with E-state index < -0.39 is 4.92 Å². The molecule has 0 spiro atoms. The lowest BCUT2D eigenvalue weighted by molar-refractivity contribution is -0.385. The lowest BCUT2D eigenvalue weighted by Crippen LogP contribution is -1.87. The third kappa shape index (κ3) is 2.22. The Balaban J connectivity index is 3.15. The van der Waals surface area contributed by atoms with Crippen molar-refractivity contribution in [3.05, 3.63) is 32.8 Å². The van der Waals surface area contributed by atoms with Gasteiger partial charge in [-0.05, 0) is 12.3 Å². The van der Waals surface area contributed by atoms with Crippen molar-refractivity contribution >= 4 is 33.4 Å². The zero-order valence-electron chi connectivity index (χ0n) is 6.28. The molecule has 3 nitrogen and oxygen atoms in total. The van der Waals surface area contributed by atoms with Crippen molar-refractivity contribution in [2.24, 2.45) is 0 Å². The van der Waals surface area contributed by atoms with Crippen molar-refractivity contribution in [2.75, 3.05) is 6.26 Å². The summed E-state index contributed by atoms with van der Waals surface area (Å²) in [7, 11) is 0. The molecule has 1 aromatic carbocycles. The summed E-state index contributed by atoms with van der Waals surface area (Å²) >= 11 is 4.68. The van der Waals surface area contributed by atoms with Crippen LogP contribution in [0.2, 0.25) is 0 Å². The molecule has 0 aromatic heterocycles. The highest BCUT2D eigenvalue weighted by molar-refractivity contribution is 9.10. The zero-order valence-corrected chi connectivity index (χ0v) is 8.68. The zero-order chi connectivity index (χ0) is 9.14. The number of halogens is 1. The van der Waals surface area contributed by atoms with Crippen molar-refractivity contribution in [1.82, 2.24) is 0 Å². The molecule has 0 bridgehead atoms. The van der Waals surface area contributed by atoms with Crippen LogP contribution in [0, 0.1) is 10.1 Å².